The molecular weight excluding hydrogens is 246 g/mol. The third-order valence-electron chi connectivity index (χ3n) is 3.15. The largest absolute Gasteiger partial charge is 0.504 e. The monoisotopic (exact) mass is 263 g/mol. The van der Waals surface area contributed by atoms with Gasteiger partial charge in [0.15, 0.2) is 11.5 Å². The van der Waals surface area contributed by atoms with Gasteiger partial charge in [-0.1, -0.05) is 6.42 Å². The number of hydrogen-bond acceptors (Lipinski definition) is 5. The van der Waals surface area contributed by atoms with Crippen molar-refractivity contribution in [3.63, 3.8) is 0 Å². The molecule has 19 heavy (non-hydrogen) atoms. The van der Waals surface area contributed by atoms with Gasteiger partial charge in [-0.15, -0.1) is 0 Å². The second-order valence-electron chi connectivity index (χ2n) is 4.66. The van der Waals surface area contributed by atoms with E-state index < -0.39 is 5.97 Å². The Morgan fingerprint density at radius 2 is 2.05 bits per heavy atom. The Hall–Kier alpha value is -1.88. The van der Waals surface area contributed by atoms with E-state index in [9.17, 15) is 14.7 Å². The molecule has 0 atom stereocenters. The van der Waals surface area contributed by atoms with Crippen molar-refractivity contribution in [3.8, 4) is 11.5 Å². The van der Waals surface area contributed by atoms with Crippen LogP contribution in [0.3, 0.4) is 0 Å². The van der Waals surface area contributed by atoms with Gasteiger partial charge in [0.1, 0.15) is 6.29 Å². The summed E-state index contributed by atoms with van der Waals surface area (Å²) in [6.45, 7) is 2.01. The highest BCUT2D eigenvalue weighted by molar-refractivity contribution is 5.79. The lowest BCUT2D eigenvalue weighted by atomic mass is 10.1. The molecule has 102 valence electrons. The standard InChI is InChI=1S/C14H17NO4/c16-10-11-4-5-12(17)13(8-11)19-14(18)9-15-6-2-1-3-7-15/h4-5,8,10,17H,1-3,6-7,9H2. The van der Waals surface area contributed by atoms with Crippen molar-refractivity contribution in [1.29, 1.82) is 0 Å². The summed E-state index contributed by atoms with van der Waals surface area (Å²) in [5, 5.41) is 9.58. The molecule has 1 aromatic rings. The summed E-state index contributed by atoms with van der Waals surface area (Å²) in [6, 6.07) is 4.16. The maximum absolute atomic E-state index is 11.8. The number of piperidine rings is 1. The first-order valence-electron chi connectivity index (χ1n) is 6.40. The summed E-state index contributed by atoms with van der Waals surface area (Å²) in [6.07, 6.45) is 4.04. The number of nitrogens with zero attached hydrogens (tertiary/aromatic N) is 1. The van der Waals surface area contributed by atoms with Crippen LogP contribution in [0, 0.1) is 0 Å². The van der Waals surface area contributed by atoms with Gasteiger partial charge in [0, 0.05) is 5.56 Å². The van der Waals surface area contributed by atoms with Crippen molar-refractivity contribution in [2.45, 2.75) is 19.3 Å². The van der Waals surface area contributed by atoms with Crippen molar-refractivity contribution in [3.05, 3.63) is 23.8 Å². The van der Waals surface area contributed by atoms with E-state index in [0.29, 0.717) is 11.8 Å². The molecule has 0 unspecified atom stereocenters. The van der Waals surface area contributed by atoms with E-state index in [1.54, 1.807) is 0 Å². The number of likely N-dealkylation sites (tertiary alicyclic amines) is 1. The first-order chi connectivity index (χ1) is 9.19. The average molecular weight is 263 g/mol. The Morgan fingerprint density at radius 1 is 1.32 bits per heavy atom. The molecule has 2 rings (SSSR count). The quantitative estimate of drug-likeness (QED) is 0.507. The zero-order chi connectivity index (χ0) is 13.7. The number of ether oxygens (including phenoxy) is 1. The predicted molar refractivity (Wildman–Crippen MR) is 69.4 cm³/mol. The smallest absolute Gasteiger partial charge is 0.325 e. The number of carbonyl (C=O) groups excluding carboxylic acids is 2. The number of hydrogen-bond donors (Lipinski definition) is 1. The van der Waals surface area contributed by atoms with Gasteiger partial charge in [0.2, 0.25) is 0 Å². The van der Waals surface area contributed by atoms with E-state index in [1.165, 1.54) is 24.6 Å². The molecular formula is C14H17NO4. The van der Waals surface area contributed by atoms with Crippen LogP contribution in [0.2, 0.25) is 0 Å². The maximum Gasteiger partial charge on any atom is 0.325 e. The predicted octanol–water partition coefficient (Wildman–Crippen LogP) is 1.60. The van der Waals surface area contributed by atoms with Crippen LogP contribution in [0.1, 0.15) is 29.6 Å². The second-order valence-corrected chi connectivity index (χ2v) is 4.66. The van der Waals surface area contributed by atoms with Crippen LogP contribution >= 0.6 is 0 Å². The number of esters is 1. The Kier molecular flexibility index (Phi) is 4.52. The highest BCUT2D eigenvalue weighted by Crippen LogP contribution is 2.26. The summed E-state index contributed by atoms with van der Waals surface area (Å²) >= 11 is 0. The topological polar surface area (TPSA) is 66.8 Å². The van der Waals surface area contributed by atoms with Gasteiger partial charge < -0.3 is 9.84 Å². The summed E-state index contributed by atoms with van der Waals surface area (Å²) in [5.41, 5.74) is 0.360. The third kappa shape index (κ3) is 3.79. The van der Waals surface area contributed by atoms with Crippen LogP contribution in [0.4, 0.5) is 0 Å². The molecule has 0 aliphatic carbocycles. The highest BCUT2D eigenvalue weighted by atomic mass is 16.5. The molecule has 1 aromatic carbocycles. The molecule has 0 radical (unpaired) electrons. The molecule has 0 saturated carbocycles. The zero-order valence-electron chi connectivity index (χ0n) is 10.7. The van der Waals surface area contributed by atoms with Crippen molar-refractivity contribution >= 4 is 12.3 Å². The zero-order valence-corrected chi connectivity index (χ0v) is 10.7. The Bertz CT molecular complexity index is 467. The molecule has 1 saturated heterocycles. The molecule has 1 fully saturated rings. The summed E-state index contributed by atoms with van der Waals surface area (Å²) < 4.78 is 5.10. The van der Waals surface area contributed by atoms with Crippen molar-refractivity contribution in [2.24, 2.45) is 0 Å². The molecule has 1 N–H and O–H groups in total. The average Bonchev–Trinajstić information content (AvgIpc) is 2.42. The molecule has 1 aliphatic rings. The number of aromatic hydroxyl groups is 1. The minimum Gasteiger partial charge on any atom is -0.504 e. The van der Waals surface area contributed by atoms with E-state index >= 15 is 0 Å². The van der Waals surface area contributed by atoms with E-state index in [4.69, 9.17) is 4.74 Å². The number of phenolic OH excluding ortho intramolecular Hbond substituents is 1. The van der Waals surface area contributed by atoms with Gasteiger partial charge >= 0.3 is 5.97 Å². The number of carbonyl (C=O) groups is 2. The lowest BCUT2D eigenvalue weighted by Crippen LogP contribution is -2.36. The molecule has 0 amide bonds. The maximum atomic E-state index is 11.8. The van der Waals surface area contributed by atoms with Gasteiger partial charge in [-0.25, -0.2) is 0 Å². The molecule has 1 heterocycles. The number of aldehydes is 1. The SMILES string of the molecule is O=Cc1ccc(O)c(OC(=O)CN2CCCCC2)c1. The van der Waals surface area contributed by atoms with Gasteiger partial charge in [-0.05, 0) is 44.1 Å². The van der Waals surface area contributed by atoms with E-state index in [0.717, 1.165) is 25.9 Å². The molecule has 5 nitrogen and oxygen atoms in total. The fourth-order valence-electron chi connectivity index (χ4n) is 2.14. The van der Waals surface area contributed by atoms with Gasteiger partial charge in [-0.2, -0.15) is 0 Å². The number of benzene rings is 1. The first kappa shape index (κ1) is 13.5. The highest BCUT2D eigenvalue weighted by Gasteiger charge is 2.16. The Morgan fingerprint density at radius 3 is 2.74 bits per heavy atom. The minimum atomic E-state index is -0.416. The molecule has 0 bridgehead atoms. The van der Waals surface area contributed by atoms with Crippen LogP contribution in [0.5, 0.6) is 11.5 Å². The number of rotatable bonds is 4. The van der Waals surface area contributed by atoms with Gasteiger partial charge in [0.25, 0.3) is 0 Å². The van der Waals surface area contributed by atoms with Gasteiger partial charge in [0.05, 0.1) is 6.54 Å². The van der Waals surface area contributed by atoms with E-state index in [-0.39, 0.29) is 18.0 Å². The normalized spacial score (nSPS) is 16.0. The van der Waals surface area contributed by atoms with Crippen LogP contribution in [-0.2, 0) is 4.79 Å². The van der Waals surface area contributed by atoms with Crippen LogP contribution in [0.25, 0.3) is 0 Å². The van der Waals surface area contributed by atoms with Gasteiger partial charge in [-0.3, -0.25) is 14.5 Å². The molecule has 5 heteroatoms. The lowest BCUT2D eigenvalue weighted by Gasteiger charge is -2.25. The van der Waals surface area contributed by atoms with Crippen LogP contribution in [-0.4, -0.2) is 41.9 Å². The Labute approximate surface area is 111 Å². The molecule has 1 aliphatic heterocycles. The lowest BCUT2D eigenvalue weighted by molar-refractivity contribution is -0.136. The summed E-state index contributed by atoms with van der Waals surface area (Å²) in [7, 11) is 0. The van der Waals surface area contributed by atoms with E-state index in [2.05, 4.69) is 0 Å². The minimum absolute atomic E-state index is 0.0339. The third-order valence-corrected chi connectivity index (χ3v) is 3.15. The van der Waals surface area contributed by atoms with Crippen LogP contribution < -0.4 is 4.74 Å². The van der Waals surface area contributed by atoms with Crippen molar-refractivity contribution in [1.82, 2.24) is 4.90 Å². The summed E-state index contributed by atoms with van der Waals surface area (Å²) in [4.78, 5) is 24.4. The summed E-state index contributed by atoms with van der Waals surface area (Å²) in [5.74, 6) is -0.524. The van der Waals surface area contributed by atoms with Crippen molar-refractivity contribution < 1.29 is 19.4 Å². The fourth-order valence-corrected chi connectivity index (χ4v) is 2.14. The first-order valence-corrected chi connectivity index (χ1v) is 6.40. The fraction of sp³-hybridized carbons (Fsp3) is 0.429. The van der Waals surface area contributed by atoms with Crippen molar-refractivity contribution in [2.75, 3.05) is 19.6 Å². The van der Waals surface area contributed by atoms with E-state index in [1.807, 2.05) is 4.90 Å². The molecule has 0 spiro atoms. The molecule has 0 aromatic heterocycles. The Balaban J connectivity index is 1.95. The second kappa shape index (κ2) is 6.33. The number of phenols is 1. The van der Waals surface area contributed by atoms with Crippen LogP contribution in [0.15, 0.2) is 18.2 Å².